The maximum atomic E-state index is 2.23. The van der Waals surface area contributed by atoms with Gasteiger partial charge in [0.15, 0.2) is 0 Å². The number of benzene rings is 2. The molecule has 0 unspecified atom stereocenters. The van der Waals surface area contributed by atoms with Crippen LogP contribution in [-0.2, 0) is 6.04 Å². The zero-order chi connectivity index (χ0) is 9.80. The largest absolute Gasteiger partial charge is 0.0622 e. The van der Waals surface area contributed by atoms with Gasteiger partial charge in [-0.3, -0.25) is 0 Å². The number of hydrogen-bond donors (Lipinski definition) is 0. The second kappa shape index (κ2) is 4.25. The molecule has 0 bridgehead atoms. The van der Waals surface area contributed by atoms with E-state index in [1.165, 1.54) is 33.0 Å². The van der Waals surface area contributed by atoms with E-state index < -0.39 is 0 Å². The van der Waals surface area contributed by atoms with Crippen LogP contribution in [0.15, 0.2) is 54.6 Å². The molecule has 0 nitrogen and oxygen atoms in total. The molecule has 0 aromatic heterocycles. The second-order valence-electron chi connectivity index (χ2n) is 3.38. The van der Waals surface area contributed by atoms with Crippen molar-refractivity contribution in [2.24, 2.45) is 0 Å². The molecule has 2 rings (SSSR count). The van der Waals surface area contributed by atoms with E-state index in [4.69, 9.17) is 0 Å². The number of hydrogen-bond acceptors (Lipinski definition) is 0. The summed E-state index contributed by atoms with van der Waals surface area (Å²) in [4.78, 5) is 0. The molecule has 0 saturated carbocycles. The van der Waals surface area contributed by atoms with Crippen LogP contribution in [0.2, 0.25) is 0 Å². The predicted molar refractivity (Wildman–Crippen MR) is 65.5 cm³/mol. The van der Waals surface area contributed by atoms with E-state index in [2.05, 4.69) is 54.6 Å². The molecule has 14 heavy (non-hydrogen) atoms. The van der Waals surface area contributed by atoms with Gasteiger partial charge in [0.05, 0.1) is 0 Å². The Balaban J connectivity index is 2.51. The summed E-state index contributed by atoms with van der Waals surface area (Å²) in [6.07, 6.45) is 0. The van der Waals surface area contributed by atoms with Gasteiger partial charge in [-0.2, -0.15) is 0 Å². The summed E-state index contributed by atoms with van der Waals surface area (Å²) in [5.41, 5.74) is 4.20. The van der Waals surface area contributed by atoms with Crippen molar-refractivity contribution in [3.63, 3.8) is 0 Å². The highest BCUT2D eigenvalue weighted by atomic mass is 28.1. The van der Waals surface area contributed by atoms with E-state index in [1.54, 1.807) is 0 Å². The van der Waals surface area contributed by atoms with Crippen LogP contribution >= 0.6 is 0 Å². The molecule has 0 amide bonds. The molecule has 2 aromatic rings. The highest BCUT2D eigenvalue weighted by Gasteiger charge is 2.00. The van der Waals surface area contributed by atoms with Gasteiger partial charge in [-0.25, -0.2) is 0 Å². The van der Waals surface area contributed by atoms with Crippen molar-refractivity contribution >= 4 is 10.2 Å². The molecular weight excluding hydrogens is 184 g/mol. The van der Waals surface area contributed by atoms with Crippen molar-refractivity contribution in [1.29, 1.82) is 0 Å². The number of rotatable bonds is 2. The molecule has 0 fully saturated rings. The van der Waals surface area contributed by atoms with Gasteiger partial charge in [0.2, 0.25) is 0 Å². The third kappa shape index (κ3) is 1.78. The van der Waals surface area contributed by atoms with Crippen molar-refractivity contribution < 1.29 is 0 Å². The van der Waals surface area contributed by atoms with Gasteiger partial charge in [0.1, 0.15) is 0 Å². The van der Waals surface area contributed by atoms with Gasteiger partial charge < -0.3 is 0 Å². The van der Waals surface area contributed by atoms with Crippen LogP contribution in [0.3, 0.4) is 0 Å². The standard InChI is InChI=1S/C13H14Si/c14-10-12-8-4-5-9-13(12)11-6-2-1-3-7-11/h1-9H,10H2,14H3. The normalized spacial score (nSPS) is 10.3. The predicted octanol–water partition coefficient (Wildman–Crippen LogP) is 2.22. The maximum absolute atomic E-state index is 2.23. The van der Waals surface area contributed by atoms with Crippen LogP contribution in [0.4, 0.5) is 0 Å². The first-order chi connectivity index (χ1) is 6.92. The van der Waals surface area contributed by atoms with Crippen molar-refractivity contribution in [2.75, 3.05) is 0 Å². The Hall–Kier alpha value is -1.34. The SMILES string of the molecule is [SiH3]Cc1ccccc1-c1ccccc1. The summed E-state index contributed by atoms with van der Waals surface area (Å²) in [6, 6.07) is 20.5. The van der Waals surface area contributed by atoms with Crippen LogP contribution in [0.5, 0.6) is 0 Å². The summed E-state index contributed by atoms with van der Waals surface area (Å²) in [5.74, 6) is 0. The van der Waals surface area contributed by atoms with Crippen LogP contribution in [0.25, 0.3) is 11.1 Å². The van der Waals surface area contributed by atoms with E-state index in [0.29, 0.717) is 0 Å². The van der Waals surface area contributed by atoms with Crippen molar-refractivity contribution in [3.05, 3.63) is 60.2 Å². The Morgan fingerprint density at radius 1 is 0.786 bits per heavy atom. The zero-order valence-corrected chi connectivity index (χ0v) is 10.4. The third-order valence-corrected chi connectivity index (χ3v) is 3.24. The average molecular weight is 198 g/mol. The Morgan fingerprint density at radius 3 is 2.14 bits per heavy atom. The van der Waals surface area contributed by atoms with Gasteiger partial charge in [-0.05, 0) is 22.7 Å². The summed E-state index contributed by atoms with van der Waals surface area (Å²) < 4.78 is 0. The Morgan fingerprint density at radius 2 is 1.43 bits per heavy atom. The molecule has 70 valence electrons. The Bertz CT molecular complexity index is 407. The van der Waals surface area contributed by atoms with E-state index in [0.717, 1.165) is 0 Å². The molecule has 0 radical (unpaired) electrons. The van der Waals surface area contributed by atoms with Gasteiger partial charge in [-0.1, -0.05) is 54.6 Å². The van der Waals surface area contributed by atoms with Crippen LogP contribution < -0.4 is 0 Å². The van der Waals surface area contributed by atoms with Gasteiger partial charge in [-0.15, -0.1) is 0 Å². The summed E-state index contributed by atoms with van der Waals surface area (Å²) >= 11 is 0. The zero-order valence-electron chi connectivity index (χ0n) is 8.40. The lowest BCUT2D eigenvalue weighted by Gasteiger charge is -2.06. The average Bonchev–Trinajstić information content (AvgIpc) is 2.30. The Kier molecular flexibility index (Phi) is 2.80. The van der Waals surface area contributed by atoms with Gasteiger partial charge in [0.25, 0.3) is 0 Å². The van der Waals surface area contributed by atoms with Crippen molar-refractivity contribution in [3.8, 4) is 11.1 Å². The first-order valence-corrected chi connectivity index (χ1v) is 6.46. The fraction of sp³-hybridized carbons (Fsp3) is 0.0769. The summed E-state index contributed by atoms with van der Waals surface area (Å²) in [5, 5.41) is 0. The minimum absolute atomic E-state index is 1.23. The first-order valence-electron chi connectivity index (χ1n) is 5.05. The Labute approximate surface area is 88.0 Å². The minimum Gasteiger partial charge on any atom is -0.0622 e. The highest BCUT2D eigenvalue weighted by molar-refractivity contribution is 6.09. The van der Waals surface area contributed by atoms with E-state index in [9.17, 15) is 0 Å². The second-order valence-corrected chi connectivity index (χ2v) is 4.08. The molecule has 0 aliphatic heterocycles. The summed E-state index contributed by atoms with van der Waals surface area (Å²) in [6.45, 7) is 0. The van der Waals surface area contributed by atoms with E-state index in [-0.39, 0.29) is 0 Å². The fourth-order valence-corrected chi connectivity index (χ4v) is 2.34. The molecular formula is C13H14Si. The van der Waals surface area contributed by atoms with Crippen molar-refractivity contribution in [2.45, 2.75) is 6.04 Å². The molecule has 0 N–H and O–H groups in total. The van der Waals surface area contributed by atoms with Crippen LogP contribution in [-0.4, -0.2) is 10.2 Å². The molecule has 0 atom stereocenters. The monoisotopic (exact) mass is 198 g/mol. The molecule has 0 spiro atoms. The lowest BCUT2D eigenvalue weighted by Crippen LogP contribution is -1.88. The topological polar surface area (TPSA) is 0 Å². The molecule has 0 aliphatic carbocycles. The molecule has 0 heterocycles. The minimum atomic E-state index is 1.23. The third-order valence-electron chi connectivity index (χ3n) is 2.48. The highest BCUT2D eigenvalue weighted by Crippen LogP contribution is 2.22. The smallest absolute Gasteiger partial charge is 0.00836 e. The van der Waals surface area contributed by atoms with Crippen LogP contribution in [0.1, 0.15) is 5.56 Å². The van der Waals surface area contributed by atoms with Gasteiger partial charge in [0, 0.05) is 10.2 Å². The van der Waals surface area contributed by atoms with Crippen LogP contribution in [0, 0.1) is 0 Å². The fourth-order valence-electron chi connectivity index (χ4n) is 1.73. The lowest BCUT2D eigenvalue weighted by atomic mass is 10.0. The van der Waals surface area contributed by atoms with E-state index >= 15 is 0 Å². The maximum Gasteiger partial charge on any atom is 0.00836 e. The molecule has 0 saturated heterocycles. The lowest BCUT2D eigenvalue weighted by molar-refractivity contribution is 1.40. The van der Waals surface area contributed by atoms with E-state index in [1.807, 2.05) is 0 Å². The first kappa shape index (κ1) is 9.22. The summed E-state index contributed by atoms with van der Waals surface area (Å²) in [7, 11) is 1.23. The van der Waals surface area contributed by atoms with Gasteiger partial charge >= 0.3 is 0 Å². The van der Waals surface area contributed by atoms with Crippen molar-refractivity contribution in [1.82, 2.24) is 0 Å². The molecule has 2 aromatic carbocycles. The quantitative estimate of drug-likeness (QED) is 0.649. The molecule has 0 aliphatic rings. The molecule has 1 heteroatoms.